The number of aliphatic hydroxyl groups is 1. The van der Waals surface area contributed by atoms with E-state index in [1.54, 1.807) is 11.8 Å². The van der Waals surface area contributed by atoms with Gasteiger partial charge in [0, 0.05) is 13.1 Å². The number of hydrogen-bond acceptors (Lipinski definition) is 3. The number of carboxylic acids is 1. The molecule has 114 valence electrons. The van der Waals surface area contributed by atoms with Gasteiger partial charge in [0.15, 0.2) is 0 Å². The second-order valence-electron chi connectivity index (χ2n) is 6.60. The van der Waals surface area contributed by atoms with Gasteiger partial charge in [-0.15, -0.1) is 0 Å². The molecule has 2 fully saturated rings. The summed E-state index contributed by atoms with van der Waals surface area (Å²) >= 11 is 0. The summed E-state index contributed by atoms with van der Waals surface area (Å²) < 4.78 is 0. The maximum atomic E-state index is 12.1. The Morgan fingerprint density at radius 3 is 2.45 bits per heavy atom. The lowest BCUT2D eigenvalue weighted by atomic mass is 9.66. The van der Waals surface area contributed by atoms with E-state index in [4.69, 9.17) is 5.11 Å². The SMILES string of the molecule is CC1(O)CCCN(C(=O)NCC2(CC(=O)O)CCC2)C1. The monoisotopic (exact) mass is 284 g/mol. The number of nitrogens with zero attached hydrogens (tertiary/aromatic N) is 1. The highest BCUT2D eigenvalue weighted by molar-refractivity contribution is 5.74. The van der Waals surface area contributed by atoms with Gasteiger partial charge in [-0.25, -0.2) is 4.79 Å². The van der Waals surface area contributed by atoms with Crippen LogP contribution < -0.4 is 5.32 Å². The van der Waals surface area contributed by atoms with Crippen LogP contribution >= 0.6 is 0 Å². The van der Waals surface area contributed by atoms with Gasteiger partial charge in [0.2, 0.25) is 0 Å². The molecule has 1 unspecified atom stereocenters. The van der Waals surface area contributed by atoms with E-state index in [9.17, 15) is 14.7 Å². The van der Waals surface area contributed by atoms with Gasteiger partial charge < -0.3 is 20.4 Å². The summed E-state index contributed by atoms with van der Waals surface area (Å²) in [5.41, 5.74) is -1.08. The predicted molar refractivity (Wildman–Crippen MR) is 73.4 cm³/mol. The Kier molecular flexibility index (Phi) is 4.22. The number of nitrogens with one attached hydrogen (secondary N) is 1. The Morgan fingerprint density at radius 1 is 1.25 bits per heavy atom. The lowest BCUT2D eigenvalue weighted by Crippen LogP contribution is -2.54. The second-order valence-corrected chi connectivity index (χ2v) is 6.60. The summed E-state index contributed by atoms with van der Waals surface area (Å²) in [6.07, 6.45) is 4.36. The molecule has 2 aliphatic rings. The number of amides is 2. The summed E-state index contributed by atoms with van der Waals surface area (Å²) in [5.74, 6) is -0.806. The Bertz CT molecular complexity index is 391. The molecule has 0 bridgehead atoms. The number of urea groups is 1. The Hall–Kier alpha value is -1.30. The topological polar surface area (TPSA) is 89.9 Å². The van der Waals surface area contributed by atoms with Crippen LogP contribution in [-0.4, -0.2) is 52.3 Å². The third-order valence-corrected chi connectivity index (χ3v) is 4.52. The standard InChI is InChI=1S/C14H24N2O4/c1-13(20)4-3-7-16(10-13)12(19)15-9-14(5-2-6-14)8-11(17)18/h20H,2-10H2,1H3,(H,15,19)(H,17,18). The highest BCUT2D eigenvalue weighted by Crippen LogP contribution is 2.43. The molecule has 0 radical (unpaired) electrons. The molecule has 6 nitrogen and oxygen atoms in total. The molecular weight excluding hydrogens is 260 g/mol. The van der Waals surface area contributed by atoms with Gasteiger partial charge in [0.25, 0.3) is 0 Å². The molecule has 1 saturated carbocycles. The number of carboxylic acid groups (broad SMARTS) is 1. The highest BCUT2D eigenvalue weighted by atomic mass is 16.4. The number of β-amino-alcohol motifs (C(OH)–C–C–N with tert-alkyl or cyclic N) is 1. The minimum Gasteiger partial charge on any atom is -0.481 e. The molecule has 0 aromatic heterocycles. The van der Waals surface area contributed by atoms with Crippen molar-refractivity contribution in [1.82, 2.24) is 10.2 Å². The Balaban J connectivity index is 1.84. The van der Waals surface area contributed by atoms with Crippen LogP contribution in [-0.2, 0) is 4.79 Å². The largest absolute Gasteiger partial charge is 0.481 e. The zero-order valence-electron chi connectivity index (χ0n) is 12.0. The van der Waals surface area contributed by atoms with Gasteiger partial charge in [-0.3, -0.25) is 4.79 Å². The van der Waals surface area contributed by atoms with E-state index in [1.165, 1.54) is 0 Å². The minimum absolute atomic E-state index is 0.116. The normalized spacial score (nSPS) is 28.6. The maximum Gasteiger partial charge on any atom is 0.317 e. The average molecular weight is 284 g/mol. The number of carbonyl (C=O) groups excluding carboxylic acids is 1. The molecule has 0 spiro atoms. The van der Waals surface area contributed by atoms with Crippen LogP contribution in [0.4, 0.5) is 4.79 Å². The quantitative estimate of drug-likeness (QED) is 0.723. The van der Waals surface area contributed by atoms with Crippen molar-refractivity contribution in [3.8, 4) is 0 Å². The smallest absolute Gasteiger partial charge is 0.317 e. The Morgan fingerprint density at radius 2 is 1.95 bits per heavy atom. The van der Waals surface area contributed by atoms with E-state index < -0.39 is 11.6 Å². The minimum atomic E-state index is -0.815. The van der Waals surface area contributed by atoms with Crippen LogP contribution in [0.2, 0.25) is 0 Å². The first-order chi connectivity index (χ1) is 9.32. The zero-order chi connectivity index (χ0) is 14.8. The Labute approximate surface area is 119 Å². The summed E-state index contributed by atoms with van der Waals surface area (Å²) in [6.45, 7) is 3.14. The molecule has 1 heterocycles. The molecule has 20 heavy (non-hydrogen) atoms. The van der Waals surface area contributed by atoms with Crippen molar-refractivity contribution in [2.45, 2.75) is 51.0 Å². The molecule has 0 aromatic rings. The van der Waals surface area contributed by atoms with Crippen molar-refractivity contribution in [3.63, 3.8) is 0 Å². The van der Waals surface area contributed by atoms with Gasteiger partial charge in [-0.1, -0.05) is 6.42 Å². The predicted octanol–water partition coefficient (Wildman–Crippen LogP) is 1.19. The first-order valence-electron chi connectivity index (χ1n) is 7.29. The highest BCUT2D eigenvalue weighted by Gasteiger charge is 2.40. The number of piperidine rings is 1. The van der Waals surface area contributed by atoms with Crippen molar-refractivity contribution < 1.29 is 19.8 Å². The van der Waals surface area contributed by atoms with Crippen molar-refractivity contribution >= 4 is 12.0 Å². The molecule has 3 N–H and O–H groups in total. The van der Waals surface area contributed by atoms with Crippen molar-refractivity contribution in [1.29, 1.82) is 0 Å². The van der Waals surface area contributed by atoms with Crippen molar-refractivity contribution in [2.75, 3.05) is 19.6 Å². The molecule has 0 aromatic carbocycles. The van der Waals surface area contributed by atoms with E-state index in [2.05, 4.69) is 5.32 Å². The fourth-order valence-electron chi connectivity index (χ4n) is 3.18. The molecule has 1 aliphatic heterocycles. The molecule has 6 heteroatoms. The molecule has 2 rings (SSSR count). The van der Waals surface area contributed by atoms with Crippen molar-refractivity contribution in [2.24, 2.45) is 5.41 Å². The number of rotatable bonds is 4. The third kappa shape index (κ3) is 3.62. The molecule has 1 aliphatic carbocycles. The van der Waals surface area contributed by atoms with Crippen LogP contribution in [0.15, 0.2) is 0 Å². The number of aliphatic carboxylic acids is 1. The summed E-state index contributed by atoms with van der Waals surface area (Å²) in [6, 6.07) is -0.193. The van der Waals surface area contributed by atoms with Crippen LogP contribution in [0.3, 0.4) is 0 Å². The third-order valence-electron chi connectivity index (χ3n) is 4.52. The molecule has 2 amide bonds. The van der Waals surface area contributed by atoms with Crippen LogP contribution in [0, 0.1) is 5.41 Å². The molecule has 1 saturated heterocycles. The molecular formula is C14H24N2O4. The van der Waals surface area contributed by atoms with Crippen LogP contribution in [0.25, 0.3) is 0 Å². The van der Waals surface area contributed by atoms with Gasteiger partial charge in [0.1, 0.15) is 0 Å². The van der Waals surface area contributed by atoms with Gasteiger partial charge in [-0.2, -0.15) is 0 Å². The van der Waals surface area contributed by atoms with E-state index in [-0.39, 0.29) is 17.9 Å². The maximum absolute atomic E-state index is 12.1. The van der Waals surface area contributed by atoms with E-state index in [0.717, 1.165) is 25.7 Å². The first-order valence-corrected chi connectivity index (χ1v) is 7.29. The average Bonchev–Trinajstić information content (AvgIpc) is 2.30. The van der Waals surface area contributed by atoms with Crippen molar-refractivity contribution in [3.05, 3.63) is 0 Å². The number of carbonyl (C=O) groups is 2. The zero-order valence-corrected chi connectivity index (χ0v) is 12.0. The van der Waals surface area contributed by atoms with E-state index in [1.807, 2.05) is 0 Å². The number of hydrogen-bond donors (Lipinski definition) is 3. The summed E-state index contributed by atoms with van der Waals surface area (Å²) in [4.78, 5) is 24.6. The van der Waals surface area contributed by atoms with Gasteiger partial charge in [-0.05, 0) is 38.0 Å². The molecule has 1 atom stereocenters. The lowest BCUT2D eigenvalue weighted by molar-refractivity contribution is -0.141. The van der Waals surface area contributed by atoms with Gasteiger partial charge in [0.05, 0.1) is 18.6 Å². The summed E-state index contributed by atoms with van der Waals surface area (Å²) in [5, 5.41) is 21.8. The van der Waals surface area contributed by atoms with E-state index >= 15 is 0 Å². The fraction of sp³-hybridized carbons (Fsp3) is 0.857. The number of likely N-dealkylation sites (tertiary alicyclic amines) is 1. The summed E-state index contributed by atoms with van der Waals surface area (Å²) in [7, 11) is 0. The fourth-order valence-corrected chi connectivity index (χ4v) is 3.18. The van der Waals surface area contributed by atoms with E-state index in [0.29, 0.717) is 26.1 Å². The van der Waals surface area contributed by atoms with Crippen LogP contribution in [0.1, 0.15) is 45.4 Å². The second kappa shape index (κ2) is 5.60. The lowest BCUT2D eigenvalue weighted by Gasteiger charge is -2.42. The van der Waals surface area contributed by atoms with Gasteiger partial charge >= 0.3 is 12.0 Å². The first kappa shape index (κ1) is 15.1. The van der Waals surface area contributed by atoms with Crippen LogP contribution in [0.5, 0.6) is 0 Å².